The first kappa shape index (κ1) is 32.4. The molecule has 0 aliphatic heterocycles. The van der Waals surface area contributed by atoms with Gasteiger partial charge < -0.3 is 4.90 Å². The fourth-order valence-corrected chi connectivity index (χ4v) is 8.17. The molecule has 55 heavy (non-hydrogen) atoms. The zero-order valence-electron chi connectivity index (χ0n) is 30.3. The summed E-state index contributed by atoms with van der Waals surface area (Å²) >= 11 is 0. The van der Waals surface area contributed by atoms with Gasteiger partial charge in [0.1, 0.15) is 0 Å². The van der Waals surface area contributed by atoms with Crippen LogP contribution in [-0.4, -0.2) is 0 Å². The third-order valence-corrected chi connectivity index (χ3v) is 10.9. The van der Waals surface area contributed by atoms with Crippen LogP contribution in [0, 0.1) is 0 Å². The second-order valence-electron chi connectivity index (χ2n) is 14.1. The van der Waals surface area contributed by atoms with Crippen LogP contribution in [0.1, 0.15) is 0 Å². The van der Waals surface area contributed by atoms with Crippen molar-refractivity contribution in [1.82, 2.24) is 0 Å². The van der Waals surface area contributed by atoms with Gasteiger partial charge >= 0.3 is 0 Å². The number of fused-ring (bicyclic) bond motifs is 5. The highest BCUT2D eigenvalue weighted by Crippen LogP contribution is 2.44. The number of anilines is 3. The topological polar surface area (TPSA) is 3.24 Å². The van der Waals surface area contributed by atoms with Gasteiger partial charge in [-0.15, -0.1) is 0 Å². The second kappa shape index (κ2) is 14.0. The van der Waals surface area contributed by atoms with Gasteiger partial charge in [-0.05, 0) is 113 Å². The predicted octanol–water partition coefficient (Wildman–Crippen LogP) is 15.3. The number of hydrogen-bond acceptors (Lipinski definition) is 1. The number of hydrogen-bond donors (Lipinski definition) is 0. The van der Waals surface area contributed by atoms with Crippen LogP contribution in [0.5, 0.6) is 0 Å². The number of rotatable bonds is 7. The zero-order valence-corrected chi connectivity index (χ0v) is 30.3. The van der Waals surface area contributed by atoms with E-state index in [9.17, 15) is 0 Å². The maximum atomic E-state index is 2.36. The Bertz CT molecular complexity index is 2930. The van der Waals surface area contributed by atoms with Gasteiger partial charge in [-0.1, -0.05) is 188 Å². The van der Waals surface area contributed by atoms with Crippen molar-refractivity contribution in [3.05, 3.63) is 224 Å². The van der Waals surface area contributed by atoms with E-state index in [0.29, 0.717) is 0 Å². The molecule has 0 bridgehead atoms. The van der Waals surface area contributed by atoms with E-state index in [-0.39, 0.29) is 0 Å². The molecule has 0 fully saturated rings. The molecule has 0 atom stereocenters. The van der Waals surface area contributed by atoms with Gasteiger partial charge in [0.25, 0.3) is 0 Å². The molecule has 10 rings (SSSR count). The molecule has 0 saturated heterocycles. The van der Waals surface area contributed by atoms with Crippen LogP contribution in [0.2, 0.25) is 0 Å². The van der Waals surface area contributed by atoms with Crippen molar-refractivity contribution in [2.45, 2.75) is 0 Å². The molecule has 0 heterocycles. The summed E-state index contributed by atoms with van der Waals surface area (Å²) in [6, 6.07) is 81.4. The summed E-state index contributed by atoms with van der Waals surface area (Å²) < 4.78 is 0. The lowest BCUT2D eigenvalue weighted by Crippen LogP contribution is -2.10. The Morgan fingerprint density at radius 1 is 0.218 bits per heavy atom. The second-order valence-corrected chi connectivity index (χ2v) is 14.1. The lowest BCUT2D eigenvalue weighted by molar-refractivity contribution is 1.28. The largest absolute Gasteiger partial charge is 0.310 e. The smallest absolute Gasteiger partial charge is 0.0468 e. The van der Waals surface area contributed by atoms with Crippen LogP contribution in [0.15, 0.2) is 224 Å². The minimum Gasteiger partial charge on any atom is -0.310 e. The van der Waals surface area contributed by atoms with Crippen molar-refractivity contribution in [3.8, 4) is 44.5 Å². The highest BCUT2D eigenvalue weighted by molar-refractivity contribution is 6.19. The first-order valence-electron chi connectivity index (χ1n) is 18.9. The standard InChI is InChI=1S/C54H37N/c1-4-13-38(14-5-1)39-23-25-40(26-24-39)41-27-30-45(31-28-41)55(44-18-8-3-9-19-44)46-32-34-53(54(37-46)42-15-6-2-7-16-42)49-22-12-21-48-51-33-29-43-17-10-11-20-47(43)50(51)35-36-52(48)49/h1-37H. The Morgan fingerprint density at radius 2 is 0.691 bits per heavy atom. The van der Waals surface area contributed by atoms with Crippen LogP contribution >= 0.6 is 0 Å². The summed E-state index contributed by atoms with van der Waals surface area (Å²) in [6.07, 6.45) is 0. The van der Waals surface area contributed by atoms with Gasteiger partial charge in [0, 0.05) is 17.1 Å². The van der Waals surface area contributed by atoms with Gasteiger partial charge in [0.15, 0.2) is 0 Å². The van der Waals surface area contributed by atoms with E-state index >= 15 is 0 Å². The van der Waals surface area contributed by atoms with Gasteiger partial charge in [0.2, 0.25) is 0 Å². The van der Waals surface area contributed by atoms with E-state index in [1.165, 1.54) is 76.8 Å². The first-order chi connectivity index (χ1) is 27.3. The lowest BCUT2D eigenvalue weighted by Gasteiger charge is -2.27. The number of nitrogens with zero attached hydrogens (tertiary/aromatic N) is 1. The van der Waals surface area contributed by atoms with Crippen LogP contribution in [-0.2, 0) is 0 Å². The van der Waals surface area contributed by atoms with Gasteiger partial charge in [-0.2, -0.15) is 0 Å². The number of para-hydroxylation sites is 1. The van der Waals surface area contributed by atoms with Crippen LogP contribution in [0.25, 0.3) is 76.8 Å². The Labute approximate surface area is 322 Å². The van der Waals surface area contributed by atoms with Crippen molar-refractivity contribution in [1.29, 1.82) is 0 Å². The van der Waals surface area contributed by atoms with E-state index in [4.69, 9.17) is 0 Å². The molecular weight excluding hydrogens is 663 g/mol. The summed E-state index contributed by atoms with van der Waals surface area (Å²) in [4.78, 5) is 2.36. The minimum atomic E-state index is 1.10. The summed E-state index contributed by atoms with van der Waals surface area (Å²) in [6.45, 7) is 0. The molecule has 0 aliphatic rings. The fraction of sp³-hybridized carbons (Fsp3) is 0. The molecule has 0 aliphatic carbocycles. The Morgan fingerprint density at radius 3 is 1.40 bits per heavy atom. The SMILES string of the molecule is c1ccc(-c2ccc(-c3ccc(N(c4ccccc4)c4ccc(-c5cccc6c5ccc5c7ccccc7ccc65)c(-c5ccccc5)c4)cc3)cc2)cc1. The third-order valence-electron chi connectivity index (χ3n) is 10.9. The third kappa shape index (κ3) is 6.02. The van der Waals surface area contributed by atoms with Crippen molar-refractivity contribution >= 4 is 49.4 Å². The molecule has 0 radical (unpaired) electrons. The van der Waals surface area contributed by atoms with Gasteiger partial charge in [0.05, 0.1) is 0 Å². The molecule has 0 spiro atoms. The van der Waals surface area contributed by atoms with Gasteiger partial charge in [-0.25, -0.2) is 0 Å². The summed E-state index contributed by atoms with van der Waals surface area (Å²) in [7, 11) is 0. The van der Waals surface area contributed by atoms with Crippen molar-refractivity contribution < 1.29 is 0 Å². The van der Waals surface area contributed by atoms with Gasteiger partial charge in [-0.3, -0.25) is 0 Å². The molecule has 10 aromatic rings. The van der Waals surface area contributed by atoms with E-state index in [1.54, 1.807) is 0 Å². The molecule has 0 aromatic heterocycles. The normalized spacial score (nSPS) is 11.3. The Hall–Kier alpha value is -7.22. The molecule has 10 aromatic carbocycles. The Kier molecular flexibility index (Phi) is 8.24. The van der Waals surface area contributed by atoms with Crippen molar-refractivity contribution in [2.75, 3.05) is 4.90 Å². The average molecular weight is 700 g/mol. The highest BCUT2D eigenvalue weighted by atomic mass is 15.1. The van der Waals surface area contributed by atoms with E-state index < -0.39 is 0 Å². The van der Waals surface area contributed by atoms with Crippen LogP contribution in [0.3, 0.4) is 0 Å². The summed E-state index contributed by atoms with van der Waals surface area (Å²) in [5.74, 6) is 0. The average Bonchev–Trinajstić information content (AvgIpc) is 3.27. The molecule has 0 N–H and O–H groups in total. The van der Waals surface area contributed by atoms with E-state index in [2.05, 4.69) is 229 Å². The first-order valence-corrected chi connectivity index (χ1v) is 18.9. The van der Waals surface area contributed by atoms with E-state index in [1.807, 2.05) is 0 Å². The molecular formula is C54H37N. The Balaban J connectivity index is 1.08. The molecule has 1 nitrogen and oxygen atoms in total. The van der Waals surface area contributed by atoms with Crippen LogP contribution < -0.4 is 4.90 Å². The summed E-state index contributed by atoms with van der Waals surface area (Å²) in [5.41, 5.74) is 13.0. The molecule has 1 heteroatoms. The predicted molar refractivity (Wildman–Crippen MR) is 235 cm³/mol. The van der Waals surface area contributed by atoms with Crippen molar-refractivity contribution in [2.24, 2.45) is 0 Å². The van der Waals surface area contributed by atoms with Crippen molar-refractivity contribution in [3.63, 3.8) is 0 Å². The summed E-state index contributed by atoms with van der Waals surface area (Å²) in [5, 5.41) is 7.64. The number of benzene rings is 10. The molecule has 0 saturated carbocycles. The molecule has 0 amide bonds. The van der Waals surface area contributed by atoms with Crippen LogP contribution in [0.4, 0.5) is 17.1 Å². The zero-order chi connectivity index (χ0) is 36.6. The fourth-order valence-electron chi connectivity index (χ4n) is 8.17. The lowest BCUT2D eigenvalue weighted by atomic mass is 9.89. The monoisotopic (exact) mass is 699 g/mol. The van der Waals surface area contributed by atoms with E-state index in [0.717, 1.165) is 17.1 Å². The maximum absolute atomic E-state index is 2.36. The minimum absolute atomic E-state index is 1.10. The highest BCUT2D eigenvalue weighted by Gasteiger charge is 2.18. The molecule has 258 valence electrons. The molecule has 0 unspecified atom stereocenters. The maximum Gasteiger partial charge on any atom is 0.0468 e. The quantitative estimate of drug-likeness (QED) is 0.150.